The highest BCUT2D eigenvalue weighted by atomic mass is 32.1. The standard InChI is InChI=1S/C29H31N3O3S/c1-20-6-3-7-22-16-23(28(30-27(20)22)31-14-4-8-24(33)19-31)18-32(29(34)26-9-5-15-36-26)17-21-10-12-25(35-2)13-11-21/h3,5-7,9-13,15-16,24,33H,4,8,14,17-19H2,1-2H3. The smallest absolute Gasteiger partial charge is 0.264 e. The van der Waals surface area contributed by atoms with Gasteiger partial charge in [0, 0.05) is 30.6 Å². The van der Waals surface area contributed by atoms with E-state index >= 15 is 0 Å². The molecule has 1 atom stereocenters. The van der Waals surface area contributed by atoms with E-state index in [4.69, 9.17) is 9.72 Å². The largest absolute Gasteiger partial charge is 0.497 e. The Kier molecular flexibility index (Phi) is 7.20. The zero-order chi connectivity index (χ0) is 25.1. The van der Waals surface area contributed by atoms with Crippen molar-refractivity contribution in [3.05, 3.63) is 87.6 Å². The molecule has 1 amide bonds. The number of hydrogen-bond donors (Lipinski definition) is 1. The Bertz CT molecular complexity index is 1340. The summed E-state index contributed by atoms with van der Waals surface area (Å²) < 4.78 is 5.31. The minimum absolute atomic E-state index is 0.00483. The van der Waals surface area contributed by atoms with E-state index < -0.39 is 0 Å². The fraction of sp³-hybridized carbons (Fsp3) is 0.310. The van der Waals surface area contributed by atoms with Crippen LogP contribution in [0.3, 0.4) is 0 Å². The highest BCUT2D eigenvalue weighted by Crippen LogP contribution is 2.30. The van der Waals surface area contributed by atoms with E-state index in [0.29, 0.717) is 24.5 Å². The number of benzene rings is 2. The van der Waals surface area contributed by atoms with Gasteiger partial charge >= 0.3 is 0 Å². The van der Waals surface area contributed by atoms with Crippen molar-refractivity contribution in [1.82, 2.24) is 9.88 Å². The van der Waals surface area contributed by atoms with Crippen molar-refractivity contribution < 1.29 is 14.6 Å². The number of rotatable bonds is 7. The molecule has 2 aromatic heterocycles. The van der Waals surface area contributed by atoms with Gasteiger partial charge in [0.25, 0.3) is 5.91 Å². The summed E-state index contributed by atoms with van der Waals surface area (Å²) in [6.07, 6.45) is 1.35. The van der Waals surface area contributed by atoms with Gasteiger partial charge in [0.05, 0.1) is 30.2 Å². The fourth-order valence-corrected chi connectivity index (χ4v) is 5.52. The number of ether oxygens (including phenoxy) is 1. The molecule has 0 saturated carbocycles. The Morgan fingerprint density at radius 1 is 1.17 bits per heavy atom. The Balaban J connectivity index is 1.55. The van der Waals surface area contributed by atoms with Gasteiger partial charge in [-0.05, 0) is 60.5 Å². The molecule has 7 heteroatoms. The number of methoxy groups -OCH3 is 1. The number of piperidine rings is 1. The molecule has 1 fully saturated rings. The number of aryl methyl sites for hydroxylation is 1. The predicted molar refractivity (Wildman–Crippen MR) is 145 cm³/mol. The van der Waals surface area contributed by atoms with E-state index in [1.165, 1.54) is 11.3 Å². The van der Waals surface area contributed by atoms with Gasteiger partial charge < -0.3 is 19.6 Å². The van der Waals surface area contributed by atoms with Crippen molar-refractivity contribution in [2.45, 2.75) is 39.0 Å². The third kappa shape index (κ3) is 5.22. The van der Waals surface area contributed by atoms with Crippen LogP contribution in [0.2, 0.25) is 0 Å². The molecular weight excluding hydrogens is 470 g/mol. The van der Waals surface area contributed by atoms with Crippen molar-refractivity contribution in [3.63, 3.8) is 0 Å². The van der Waals surface area contributed by atoms with Crippen molar-refractivity contribution in [2.24, 2.45) is 0 Å². The average Bonchev–Trinajstić information content (AvgIpc) is 3.43. The molecule has 0 radical (unpaired) electrons. The number of β-amino-alcohol motifs (C(OH)–C–C–N with tert-alkyl or cyclic N) is 1. The van der Waals surface area contributed by atoms with Crippen LogP contribution < -0.4 is 9.64 Å². The lowest BCUT2D eigenvalue weighted by Gasteiger charge is -2.33. The number of para-hydroxylation sites is 1. The van der Waals surface area contributed by atoms with Gasteiger partial charge in [0.15, 0.2) is 0 Å². The van der Waals surface area contributed by atoms with Gasteiger partial charge in [-0.1, -0.05) is 36.4 Å². The molecule has 1 unspecified atom stereocenters. The monoisotopic (exact) mass is 501 g/mol. The van der Waals surface area contributed by atoms with Crippen LogP contribution in [0.4, 0.5) is 5.82 Å². The number of nitrogens with zero attached hydrogens (tertiary/aromatic N) is 3. The molecule has 1 N–H and O–H groups in total. The van der Waals surface area contributed by atoms with Crippen LogP contribution in [-0.4, -0.2) is 47.2 Å². The summed E-state index contributed by atoms with van der Waals surface area (Å²) >= 11 is 1.45. The summed E-state index contributed by atoms with van der Waals surface area (Å²) in [5.74, 6) is 1.64. The van der Waals surface area contributed by atoms with Crippen LogP contribution in [0, 0.1) is 6.92 Å². The summed E-state index contributed by atoms with van der Waals surface area (Å²) in [6, 6.07) is 20.0. The molecule has 0 bridgehead atoms. The number of carbonyl (C=O) groups excluding carboxylic acids is 1. The van der Waals surface area contributed by atoms with E-state index in [2.05, 4.69) is 30.0 Å². The number of fused-ring (bicyclic) bond motifs is 1. The number of aliphatic hydroxyl groups is 1. The number of aliphatic hydroxyl groups excluding tert-OH is 1. The van der Waals surface area contributed by atoms with Crippen molar-refractivity contribution in [2.75, 3.05) is 25.1 Å². The van der Waals surface area contributed by atoms with E-state index in [9.17, 15) is 9.90 Å². The topological polar surface area (TPSA) is 65.9 Å². The minimum atomic E-state index is -0.371. The van der Waals surface area contributed by atoms with Gasteiger partial charge in [-0.25, -0.2) is 4.98 Å². The zero-order valence-corrected chi connectivity index (χ0v) is 21.5. The molecule has 2 aromatic carbocycles. The first-order valence-corrected chi connectivity index (χ1v) is 13.2. The van der Waals surface area contributed by atoms with Gasteiger partial charge in [0.1, 0.15) is 11.6 Å². The molecule has 0 aliphatic carbocycles. The lowest BCUT2D eigenvalue weighted by Crippen LogP contribution is -2.40. The third-order valence-electron chi connectivity index (χ3n) is 6.71. The summed E-state index contributed by atoms with van der Waals surface area (Å²) in [7, 11) is 1.65. The molecule has 1 aliphatic rings. The first kappa shape index (κ1) is 24.3. The Hall–Kier alpha value is -3.42. The Labute approximate surface area is 215 Å². The van der Waals surface area contributed by atoms with Crippen LogP contribution in [0.5, 0.6) is 5.75 Å². The van der Waals surface area contributed by atoms with Crippen LogP contribution in [-0.2, 0) is 13.1 Å². The fourth-order valence-electron chi connectivity index (χ4n) is 4.83. The van der Waals surface area contributed by atoms with Crippen molar-refractivity contribution in [1.29, 1.82) is 0 Å². The van der Waals surface area contributed by atoms with Gasteiger partial charge in [-0.15, -0.1) is 11.3 Å². The van der Waals surface area contributed by atoms with Crippen LogP contribution >= 0.6 is 11.3 Å². The quantitative estimate of drug-likeness (QED) is 0.366. The normalized spacial score (nSPS) is 15.8. The molecule has 4 aromatic rings. The van der Waals surface area contributed by atoms with Crippen molar-refractivity contribution >= 4 is 34.0 Å². The van der Waals surface area contributed by atoms with Crippen LogP contribution in [0.1, 0.15) is 39.2 Å². The highest BCUT2D eigenvalue weighted by Gasteiger charge is 2.25. The first-order valence-electron chi connectivity index (χ1n) is 12.3. The van der Waals surface area contributed by atoms with E-state index in [0.717, 1.165) is 58.5 Å². The van der Waals surface area contributed by atoms with Crippen molar-refractivity contribution in [3.8, 4) is 5.75 Å². The van der Waals surface area contributed by atoms with E-state index in [-0.39, 0.29) is 12.0 Å². The summed E-state index contributed by atoms with van der Waals surface area (Å²) in [4.78, 5) is 23.5. The number of carbonyl (C=O) groups is 1. The van der Waals surface area contributed by atoms with Crippen LogP contribution in [0.25, 0.3) is 10.9 Å². The molecule has 3 heterocycles. The van der Waals surface area contributed by atoms with Crippen LogP contribution in [0.15, 0.2) is 66.0 Å². The molecule has 1 saturated heterocycles. The number of amides is 1. The number of anilines is 1. The molecule has 186 valence electrons. The average molecular weight is 502 g/mol. The summed E-state index contributed by atoms with van der Waals surface area (Å²) in [5.41, 5.74) is 4.09. The molecule has 0 spiro atoms. The minimum Gasteiger partial charge on any atom is -0.497 e. The second kappa shape index (κ2) is 10.7. The summed E-state index contributed by atoms with van der Waals surface area (Å²) in [5, 5.41) is 13.4. The number of thiophene rings is 1. The first-order chi connectivity index (χ1) is 17.5. The van der Waals surface area contributed by atoms with E-state index in [1.807, 2.05) is 52.7 Å². The number of hydrogen-bond acceptors (Lipinski definition) is 6. The lowest BCUT2D eigenvalue weighted by atomic mass is 10.0. The molecule has 6 nitrogen and oxygen atoms in total. The van der Waals surface area contributed by atoms with Gasteiger partial charge in [-0.2, -0.15) is 0 Å². The SMILES string of the molecule is COc1ccc(CN(Cc2cc3cccc(C)c3nc2N2CCCC(O)C2)C(=O)c2cccs2)cc1. The Morgan fingerprint density at radius 3 is 2.72 bits per heavy atom. The lowest BCUT2D eigenvalue weighted by molar-refractivity contribution is 0.0735. The van der Waals surface area contributed by atoms with Gasteiger partial charge in [0.2, 0.25) is 0 Å². The predicted octanol–water partition coefficient (Wildman–Crippen LogP) is 5.42. The maximum absolute atomic E-state index is 13.6. The molecular formula is C29H31N3O3S. The second-order valence-corrected chi connectivity index (χ2v) is 10.3. The number of aromatic nitrogens is 1. The molecule has 5 rings (SSSR count). The maximum Gasteiger partial charge on any atom is 0.264 e. The zero-order valence-electron chi connectivity index (χ0n) is 20.7. The molecule has 36 heavy (non-hydrogen) atoms. The number of pyridine rings is 1. The van der Waals surface area contributed by atoms with E-state index in [1.54, 1.807) is 7.11 Å². The maximum atomic E-state index is 13.6. The second-order valence-electron chi connectivity index (χ2n) is 9.35. The molecule has 1 aliphatic heterocycles. The van der Waals surface area contributed by atoms with Gasteiger partial charge in [-0.3, -0.25) is 4.79 Å². The third-order valence-corrected chi connectivity index (χ3v) is 7.57. The summed E-state index contributed by atoms with van der Waals surface area (Å²) in [6.45, 7) is 4.34. The Morgan fingerprint density at radius 2 is 2.00 bits per heavy atom. The highest BCUT2D eigenvalue weighted by molar-refractivity contribution is 7.12.